The Balaban J connectivity index is 2.39. The summed E-state index contributed by atoms with van der Waals surface area (Å²) >= 11 is 3.31. The number of hydrogen-bond acceptors (Lipinski definition) is 3. The fourth-order valence-electron chi connectivity index (χ4n) is 1.87. The van der Waals surface area contributed by atoms with Crippen LogP contribution in [-0.4, -0.2) is 14.5 Å². The number of fused-ring (bicyclic) bond motifs is 1. The first-order valence-corrected chi connectivity index (χ1v) is 6.32. The van der Waals surface area contributed by atoms with Gasteiger partial charge in [-0.1, -0.05) is 15.9 Å². The standard InChI is InChI=1S/C13H8BrN3O2/c14-8-3-5-9(6-4-8)17-12(18)10-2-1-7-15-11(10)16-13(17)19/h1-7H,(H,15,16,19). The fourth-order valence-corrected chi connectivity index (χ4v) is 2.14. The van der Waals surface area contributed by atoms with Crippen LogP contribution in [0.1, 0.15) is 0 Å². The highest BCUT2D eigenvalue weighted by molar-refractivity contribution is 9.10. The van der Waals surface area contributed by atoms with Crippen LogP contribution in [0.15, 0.2) is 56.7 Å². The third-order valence-electron chi connectivity index (χ3n) is 2.75. The van der Waals surface area contributed by atoms with Crippen molar-refractivity contribution in [2.45, 2.75) is 0 Å². The number of halogens is 1. The predicted molar refractivity (Wildman–Crippen MR) is 75.7 cm³/mol. The van der Waals surface area contributed by atoms with Crippen LogP contribution < -0.4 is 11.2 Å². The lowest BCUT2D eigenvalue weighted by atomic mass is 10.3. The maximum atomic E-state index is 12.3. The first-order valence-electron chi connectivity index (χ1n) is 5.53. The minimum absolute atomic E-state index is 0.297. The molecule has 19 heavy (non-hydrogen) atoms. The van der Waals surface area contributed by atoms with Crippen molar-refractivity contribution in [1.29, 1.82) is 0 Å². The highest BCUT2D eigenvalue weighted by atomic mass is 79.9. The van der Waals surface area contributed by atoms with Crippen LogP contribution in [0.5, 0.6) is 0 Å². The van der Waals surface area contributed by atoms with Gasteiger partial charge in [0.1, 0.15) is 5.65 Å². The van der Waals surface area contributed by atoms with Crippen molar-refractivity contribution in [1.82, 2.24) is 14.5 Å². The van der Waals surface area contributed by atoms with Gasteiger partial charge in [0.25, 0.3) is 5.56 Å². The molecule has 1 aromatic carbocycles. The van der Waals surface area contributed by atoms with E-state index in [9.17, 15) is 9.59 Å². The number of rotatable bonds is 1. The average molecular weight is 318 g/mol. The number of H-pyrrole nitrogens is 1. The Labute approximate surface area is 115 Å². The first-order chi connectivity index (χ1) is 9.16. The lowest BCUT2D eigenvalue weighted by Gasteiger charge is -2.05. The number of aromatic amines is 1. The lowest BCUT2D eigenvalue weighted by molar-refractivity contribution is 0.895. The van der Waals surface area contributed by atoms with Crippen LogP contribution in [0.2, 0.25) is 0 Å². The molecule has 0 saturated carbocycles. The Kier molecular flexibility index (Phi) is 2.79. The van der Waals surface area contributed by atoms with E-state index in [-0.39, 0.29) is 5.56 Å². The maximum Gasteiger partial charge on any atom is 0.334 e. The molecule has 6 heteroatoms. The van der Waals surface area contributed by atoms with Crippen LogP contribution in [0.3, 0.4) is 0 Å². The summed E-state index contributed by atoms with van der Waals surface area (Å²) in [6.45, 7) is 0. The third-order valence-corrected chi connectivity index (χ3v) is 3.28. The van der Waals surface area contributed by atoms with Gasteiger partial charge in [0.05, 0.1) is 11.1 Å². The Morgan fingerprint density at radius 3 is 2.58 bits per heavy atom. The summed E-state index contributed by atoms with van der Waals surface area (Å²) in [5.41, 5.74) is -0.0706. The van der Waals surface area contributed by atoms with Gasteiger partial charge in [-0.25, -0.2) is 14.3 Å². The summed E-state index contributed by atoms with van der Waals surface area (Å²) < 4.78 is 1.97. The molecular weight excluding hydrogens is 310 g/mol. The summed E-state index contributed by atoms with van der Waals surface area (Å²) in [7, 11) is 0. The third kappa shape index (κ3) is 2.00. The molecule has 0 aliphatic heterocycles. The van der Waals surface area contributed by atoms with Crippen LogP contribution >= 0.6 is 15.9 Å². The molecule has 0 atom stereocenters. The Hall–Kier alpha value is -2.21. The molecule has 5 nitrogen and oxygen atoms in total. The SMILES string of the molecule is O=c1[nH]c2ncccc2c(=O)n1-c1ccc(Br)cc1. The molecular formula is C13H8BrN3O2. The van der Waals surface area contributed by atoms with Gasteiger partial charge in [-0.3, -0.25) is 9.78 Å². The zero-order valence-corrected chi connectivity index (χ0v) is 11.2. The molecule has 0 unspecified atom stereocenters. The molecule has 0 aliphatic rings. The zero-order valence-electron chi connectivity index (χ0n) is 9.63. The van der Waals surface area contributed by atoms with Crippen LogP contribution in [-0.2, 0) is 0 Å². The second-order valence-electron chi connectivity index (χ2n) is 3.95. The van der Waals surface area contributed by atoms with E-state index in [1.54, 1.807) is 36.4 Å². The van der Waals surface area contributed by atoms with E-state index in [0.717, 1.165) is 9.04 Å². The number of benzene rings is 1. The van der Waals surface area contributed by atoms with E-state index in [0.29, 0.717) is 16.7 Å². The Bertz CT molecular complexity index is 865. The Morgan fingerprint density at radius 2 is 1.84 bits per heavy atom. The van der Waals surface area contributed by atoms with E-state index in [1.165, 1.54) is 6.20 Å². The second-order valence-corrected chi connectivity index (χ2v) is 4.86. The van der Waals surface area contributed by atoms with Gasteiger partial charge < -0.3 is 0 Å². The largest absolute Gasteiger partial charge is 0.334 e. The van der Waals surface area contributed by atoms with E-state index in [2.05, 4.69) is 25.9 Å². The van der Waals surface area contributed by atoms with Crippen molar-refractivity contribution in [2.75, 3.05) is 0 Å². The van der Waals surface area contributed by atoms with E-state index >= 15 is 0 Å². The molecule has 1 N–H and O–H groups in total. The number of nitrogens with zero attached hydrogens (tertiary/aromatic N) is 2. The van der Waals surface area contributed by atoms with Crippen molar-refractivity contribution in [3.8, 4) is 5.69 Å². The van der Waals surface area contributed by atoms with Crippen LogP contribution in [0.4, 0.5) is 0 Å². The normalized spacial score (nSPS) is 10.8. The highest BCUT2D eigenvalue weighted by Gasteiger charge is 2.09. The average Bonchev–Trinajstić information content (AvgIpc) is 2.41. The summed E-state index contributed by atoms with van der Waals surface area (Å²) in [6.07, 6.45) is 1.53. The van der Waals surface area contributed by atoms with E-state index in [4.69, 9.17) is 0 Å². The Morgan fingerprint density at radius 1 is 1.11 bits per heavy atom. The summed E-state index contributed by atoms with van der Waals surface area (Å²) in [6, 6.07) is 10.2. The number of hydrogen-bond donors (Lipinski definition) is 1. The van der Waals surface area contributed by atoms with Crippen molar-refractivity contribution in [3.05, 3.63) is 67.9 Å². The molecule has 0 spiro atoms. The predicted octanol–water partition coefficient (Wildman–Crippen LogP) is 1.84. The van der Waals surface area contributed by atoms with Crippen molar-refractivity contribution >= 4 is 27.0 Å². The van der Waals surface area contributed by atoms with Crippen LogP contribution in [0.25, 0.3) is 16.7 Å². The van der Waals surface area contributed by atoms with Crippen molar-refractivity contribution in [3.63, 3.8) is 0 Å². The molecule has 2 aromatic heterocycles. The fraction of sp³-hybridized carbons (Fsp3) is 0. The molecule has 0 radical (unpaired) electrons. The van der Waals surface area contributed by atoms with Gasteiger partial charge in [-0.2, -0.15) is 0 Å². The molecule has 3 rings (SSSR count). The quantitative estimate of drug-likeness (QED) is 0.744. The minimum Gasteiger partial charge on any atom is -0.291 e. The lowest BCUT2D eigenvalue weighted by Crippen LogP contribution is -2.33. The van der Waals surface area contributed by atoms with Gasteiger partial charge in [0, 0.05) is 10.7 Å². The van der Waals surface area contributed by atoms with Gasteiger partial charge >= 0.3 is 5.69 Å². The monoisotopic (exact) mass is 317 g/mol. The highest BCUT2D eigenvalue weighted by Crippen LogP contribution is 2.12. The molecule has 3 aromatic rings. The summed E-state index contributed by atoms with van der Waals surface area (Å²) in [4.78, 5) is 30.9. The first kappa shape index (κ1) is 11.9. The number of pyridine rings is 1. The number of nitrogens with one attached hydrogen (secondary N) is 1. The molecule has 94 valence electrons. The molecule has 0 aliphatic carbocycles. The molecule has 0 amide bonds. The smallest absolute Gasteiger partial charge is 0.291 e. The molecule has 2 heterocycles. The topological polar surface area (TPSA) is 67.8 Å². The molecule has 0 bridgehead atoms. The van der Waals surface area contributed by atoms with Crippen molar-refractivity contribution < 1.29 is 0 Å². The van der Waals surface area contributed by atoms with Gasteiger partial charge in [-0.15, -0.1) is 0 Å². The summed E-state index contributed by atoms with van der Waals surface area (Å²) in [5.74, 6) is 0. The minimum atomic E-state index is -0.501. The summed E-state index contributed by atoms with van der Waals surface area (Å²) in [5, 5.41) is 0.380. The van der Waals surface area contributed by atoms with E-state index in [1.807, 2.05) is 0 Å². The van der Waals surface area contributed by atoms with Gasteiger partial charge in [-0.05, 0) is 36.4 Å². The van der Waals surface area contributed by atoms with Gasteiger partial charge in [0.2, 0.25) is 0 Å². The van der Waals surface area contributed by atoms with Gasteiger partial charge in [0.15, 0.2) is 0 Å². The zero-order chi connectivity index (χ0) is 13.4. The molecule has 0 fully saturated rings. The van der Waals surface area contributed by atoms with Crippen LogP contribution in [0, 0.1) is 0 Å². The van der Waals surface area contributed by atoms with E-state index < -0.39 is 5.69 Å². The maximum absolute atomic E-state index is 12.3. The number of aromatic nitrogens is 3. The van der Waals surface area contributed by atoms with Crippen molar-refractivity contribution in [2.24, 2.45) is 0 Å². The second kappa shape index (κ2) is 4.47. The molecule has 0 saturated heterocycles.